The number of allylic oxidation sites excluding steroid dienone is 5. The minimum Gasteiger partial charge on any atom is -0.367 e. The van der Waals surface area contributed by atoms with Crippen molar-refractivity contribution >= 4 is 51.0 Å². The van der Waals surface area contributed by atoms with Gasteiger partial charge in [0.05, 0.1) is 16.9 Å². The van der Waals surface area contributed by atoms with E-state index in [4.69, 9.17) is 5.26 Å². The molecule has 2 N–H and O–H groups in total. The highest BCUT2D eigenvalue weighted by Gasteiger charge is 2.17. The summed E-state index contributed by atoms with van der Waals surface area (Å²) in [5.74, 6) is 0. The summed E-state index contributed by atoms with van der Waals surface area (Å²) >= 11 is 0.926. The van der Waals surface area contributed by atoms with E-state index in [0.717, 1.165) is 74.0 Å². The molecular weight excluding hydrogens is 671 g/mol. The third-order valence-electron chi connectivity index (χ3n) is 8.30. The van der Waals surface area contributed by atoms with E-state index < -0.39 is 10.1 Å². The molecule has 4 aromatic rings. The lowest BCUT2D eigenvalue weighted by molar-refractivity contribution is -0.462. The van der Waals surface area contributed by atoms with Gasteiger partial charge >= 0.3 is 0 Å². The van der Waals surface area contributed by atoms with Gasteiger partial charge in [0.2, 0.25) is 5.69 Å². The largest absolute Gasteiger partial charge is 0.367 e. The molecule has 0 atom stereocenters. The molecular formula is C39H41N3O6S2+2. The van der Waals surface area contributed by atoms with Crippen LogP contribution in [0, 0.1) is 0 Å². The van der Waals surface area contributed by atoms with Gasteiger partial charge in [-0.1, -0.05) is 35.4 Å². The van der Waals surface area contributed by atoms with Crippen molar-refractivity contribution in [1.82, 2.24) is 0 Å². The average molecular weight is 712 g/mol. The van der Waals surface area contributed by atoms with Crippen LogP contribution in [0.25, 0.3) is 5.57 Å². The van der Waals surface area contributed by atoms with Crippen LogP contribution in [0.4, 0.5) is 11.4 Å². The van der Waals surface area contributed by atoms with E-state index in [1.165, 1.54) is 12.1 Å². The van der Waals surface area contributed by atoms with Gasteiger partial charge in [-0.05, 0) is 108 Å². The van der Waals surface area contributed by atoms with E-state index in [-0.39, 0.29) is 4.90 Å². The highest BCUT2D eigenvalue weighted by Crippen LogP contribution is 2.32. The van der Waals surface area contributed by atoms with Gasteiger partial charge in [0.15, 0.2) is 11.9 Å². The zero-order valence-electron chi connectivity index (χ0n) is 28.4. The minimum absolute atomic E-state index is 0.111. The topological polar surface area (TPSA) is 102 Å². The molecule has 0 fully saturated rings. The van der Waals surface area contributed by atoms with Crippen LogP contribution < -0.4 is 4.90 Å². The number of benzene rings is 4. The number of anilines is 1. The molecule has 0 aliphatic heterocycles. The Labute approximate surface area is 298 Å². The lowest BCUT2D eigenvalue weighted by Gasteiger charge is -2.24. The molecule has 0 saturated carbocycles. The molecule has 4 aromatic carbocycles. The summed E-state index contributed by atoms with van der Waals surface area (Å²) in [4.78, 5) is 2.84. The van der Waals surface area contributed by atoms with E-state index in [0.29, 0.717) is 13.1 Å². The van der Waals surface area contributed by atoms with Crippen molar-refractivity contribution in [3.63, 3.8) is 0 Å². The Hall–Kier alpha value is -4.62. The van der Waals surface area contributed by atoms with Gasteiger partial charge in [0.25, 0.3) is 10.1 Å². The first-order valence-electron chi connectivity index (χ1n) is 16.1. The third-order valence-corrected chi connectivity index (χ3v) is 9.72. The molecule has 11 heteroatoms. The fourth-order valence-corrected chi connectivity index (χ4v) is 6.70. The molecule has 0 unspecified atom stereocenters. The number of hydrogen-bond donors (Lipinski definition) is 2. The lowest BCUT2D eigenvalue weighted by atomic mass is 9.90. The summed E-state index contributed by atoms with van der Waals surface area (Å²) in [6.45, 7) is 6.10. The van der Waals surface area contributed by atoms with Crippen LogP contribution in [-0.4, -0.2) is 66.5 Å². The summed E-state index contributed by atoms with van der Waals surface area (Å²) in [7, 11) is -0.228. The minimum atomic E-state index is -4.28. The van der Waals surface area contributed by atoms with Crippen molar-refractivity contribution in [1.29, 1.82) is 0 Å². The Bertz CT molecular complexity index is 2060. The predicted molar refractivity (Wildman–Crippen MR) is 200 cm³/mol. The fraction of sp³-hybridized carbons (Fsp3) is 0.179. The molecule has 50 heavy (non-hydrogen) atoms. The quantitative estimate of drug-likeness (QED) is 0.0362. The van der Waals surface area contributed by atoms with Crippen molar-refractivity contribution in [3.8, 4) is 0 Å². The molecule has 0 heterocycles. The van der Waals surface area contributed by atoms with Gasteiger partial charge in [0.1, 0.15) is 20.6 Å². The maximum atomic E-state index is 11.7. The molecule has 0 bridgehead atoms. The normalized spacial score (nSPS) is 13.1. The van der Waals surface area contributed by atoms with Crippen LogP contribution in [0.5, 0.6) is 0 Å². The molecule has 9 nitrogen and oxygen atoms in total. The van der Waals surface area contributed by atoms with Gasteiger partial charge in [-0.2, -0.15) is 13.0 Å². The van der Waals surface area contributed by atoms with Gasteiger partial charge in [-0.3, -0.25) is 4.55 Å². The zero-order valence-corrected chi connectivity index (χ0v) is 30.1. The first-order valence-corrected chi connectivity index (χ1v) is 18.3. The van der Waals surface area contributed by atoms with Crippen LogP contribution in [0.15, 0.2) is 137 Å². The van der Waals surface area contributed by atoms with E-state index in [1.54, 1.807) is 6.07 Å². The van der Waals surface area contributed by atoms with E-state index in [9.17, 15) is 13.0 Å². The highest BCUT2D eigenvalue weighted by molar-refractivity contribution is 7.94. The fourth-order valence-electron chi connectivity index (χ4n) is 5.72. The van der Waals surface area contributed by atoms with Crippen LogP contribution in [0.1, 0.15) is 36.1 Å². The van der Waals surface area contributed by atoms with Crippen LogP contribution in [-0.2, 0) is 26.0 Å². The van der Waals surface area contributed by atoms with Crippen LogP contribution in [0.3, 0.4) is 0 Å². The smallest absolute Gasteiger partial charge is 0.294 e. The standard InChI is InChI=1S/C39H39N3O6S2/c1-5-41(27-29-9-7-11-37(25-29)49-48-47-43)35-21-15-32(16-22-35)39(31-13-19-34(20-14-31)40(3)4)33-17-23-36(24-18-33)42(6-2)28-30-10-8-12-38(26-30)50(44,45)46/h7-27H,5-6,28H2,1-4H3/p+2. The van der Waals surface area contributed by atoms with Gasteiger partial charge in [-0.15, -0.1) is 4.33 Å². The molecule has 1 aliphatic rings. The maximum Gasteiger partial charge on any atom is 0.294 e. The Kier molecular flexibility index (Phi) is 12.4. The summed E-state index contributed by atoms with van der Waals surface area (Å²) < 4.78 is 41.8. The Morgan fingerprint density at radius 3 is 2.12 bits per heavy atom. The predicted octanol–water partition coefficient (Wildman–Crippen LogP) is 7.81. The molecule has 0 saturated heterocycles. The van der Waals surface area contributed by atoms with Crippen LogP contribution >= 0.6 is 12.0 Å². The second kappa shape index (κ2) is 16.9. The summed E-state index contributed by atoms with van der Waals surface area (Å²) in [6, 6.07) is 31.1. The van der Waals surface area contributed by atoms with Crippen molar-refractivity contribution in [3.05, 3.63) is 149 Å². The summed E-state index contributed by atoms with van der Waals surface area (Å²) in [5.41, 5.74) is 9.24. The maximum absolute atomic E-state index is 11.7. The third kappa shape index (κ3) is 9.33. The van der Waals surface area contributed by atoms with Crippen molar-refractivity contribution in [2.24, 2.45) is 0 Å². The monoisotopic (exact) mass is 711 g/mol. The Balaban J connectivity index is 1.47. The zero-order chi connectivity index (χ0) is 35.7. The molecule has 0 amide bonds. The molecule has 0 spiro atoms. The molecule has 1 aliphatic carbocycles. The Morgan fingerprint density at radius 1 is 0.860 bits per heavy atom. The summed E-state index contributed by atoms with van der Waals surface area (Å²) in [5, 5.41) is 12.2. The van der Waals surface area contributed by atoms with Crippen molar-refractivity contribution in [2.75, 3.05) is 32.1 Å². The van der Waals surface area contributed by atoms with Gasteiger partial charge < -0.3 is 4.90 Å². The van der Waals surface area contributed by atoms with Gasteiger partial charge in [0, 0.05) is 53.5 Å². The lowest BCUT2D eigenvalue weighted by Crippen LogP contribution is -2.22. The van der Waals surface area contributed by atoms with Crippen LogP contribution in [0.2, 0.25) is 0 Å². The van der Waals surface area contributed by atoms with Crippen molar-refractivity contribution in [2.45, 2.75) is 30.2 Å². The van der Waals surface area contributed by atoms with E-state index in [2.05, 4.69) is 116 Å². The molecule has 5 rings (SSSR count). The summed E-state index contributed by atoms with van der Waals surface area (Å²) in [6.07, 6.45) is 10.6. The first-order chi connectivity index (χ1) is 24.1. The molecule has 0 radical (unpaired) electrons. The Morgan fingerprint density at radius 2 is 1.52 bits per heavy atom. The van der Waals surface area contributed by atoms with Crippen molar-refractivity contribution < 1.29 is 36.8 Å². The molecule has 258 valence electrons. The second-order valence-electron chi connectivity index (χ2n) is 11.8. The van der Waals surface area contributed by atoms with Gasteiger partial charge in [-0.25, -0.2) is 9.83 Å². The number of rotatable bonds is 13. The first kappa shape index (κ1) is 36.7. The SMILES string of the molecule is CCN(Cc1cccc(S(=O)(=O)O)c1)c1ccc(C(=C2C=CC(=[N+](C)C)C=C2)c2ccc([N+](=Cc3cccc(SOOO)c3)CC)cc2)cc1. The van der Waals surface area contributed by atoms with E-state index >= 15 is 0 Å². The number of nitrogens with zero attached hydrogens (tertiary/aromatic N) is 3. The average Bonchev–Trinajstić information content (AvgIpc) is 3.13. The van der Waals surface area contributed by atoms with E-state index in [1.807, 2.05) is 44.4 Å². The highest BCUT2D eigenvalue weighted by atomic mass is 32.2. The second-order valence-corrected chi connectivity index (χ2v) is 14.0. The number of hydrogen-bond acceptors (Lipinski definition) is 7. The molecule has 0 aromatic heterocycles.